The van der Waals surface area contributed by atoms with Crippen LogP contribution in [0.1, 0.15) is 17.3 Å². The van der Waals surface area contributed by atoms with Gasteiger partial charge in [0.05, 0.1) is 22.8 Å². The molecule has 2 aromatic rings. The first-order valence-electron chi connectivity index (χ1n) is 8.33. The minimum Gasteiger partial charge on any atom is -0.449 e. The number of anilines is 2. The monoisotopic (exact) mass is 409 g/mol. The maximum atomic E-state index is 13.6. The summed E-state index contributed by atoms with van der Waals surface area (Å²) < 4.78 is 31.8. The van der Waals surface area contributed by atoms with E-state index in [1.807, 2.05) is 0 Å². The van der Waals surface area contributed by atoms with E-state index in [9.17, 15) is 28.5 Å². The number of nitrogens with one attached hydrogen (secondary N) is 2. The lowest BCUT2D eigenvalue weighted by atomic mass is 10.1. The zero-order chi connectivity index (χ0) is 21.6. The van der Waals surface area contributed by atoms with Crippen molar-refractivity contribution < 1.29 is 33.1 Å². The Morgan fingerprint density at radius 3 is 2.59 bits per heavy atom. The van der Waals surface area contributed by atoms with Crippen molar-refractivity contribution in [2.45, 2.75) is 13.0 Å². The number of halogens is 2. The smallest absolute Gasteiger partial charge is 0.341 e. The van der Waals surface area contributed by atoms with Crippen LogP contribution in [-0.4, -0.2) is 41.2 Å². The Bertz CT molecular complexity index is 938. The van der Waals surface area contributed by atoms with Gasteiger partial charge >= 0.3 is 5.97 Å². The van der Waals surface area contributed by atoms with E-state index < -0.39 is 40.2 Å². The normalized spacial score (nSPS) is 11.4. The van der Waals surface area contributed by atoms with Crippen molar-refractivity contribution in [3.63, 3.8) is 0 Å². The van der Waals surface area contributed by atoms with Crippen LogP contribution in [0.4, 0.5) is 25.8 Å². The van der Waals surface area contributed by atoms with Gasteiger partial charge in [-0.3, -0.25) is 14.9 Å². The Morgan fingerprint density at radius 2 is 1.93 bits per heavy atom. The van der Waals surface area contributed by atoms with Gasteiger partial charge < -0.3 is 20.5 Å². The van der Waals surface area contributed by atoms with Crippen LogP contribution in [0.15, 0.2) is 36.4 Å². The number of aliphatic hydroxyl groups is 1. The molecule has 29 heavy (non-hydrogen) atoms. The van der Waals surface area contributed by atoms with E-state index in [2.05, 4.69) is 10.6 Å². The largest absolute Gasteiger partial charge is 0.449 e. The van der Waals surface area contributed by atoms with E-state index in [1.165, 1.54) is 13.0 Å². The average molecular weight is 409 g/mol. The second-order valence-corrected chi connectivity index (χ2v) is 5.80. The summed E-state index contributed by atoms with van der Waals surface area (Å²) in [5, 5.41) is 24.7. The molecule has 0 saturated carbocycles. The van der Waals surface area contributed by atoms with Crippen molar-refractivity contribution in [3.05, 3.63) is 63.7 Å². The molecule has 0 spiro atoms. The number of nitrogens with zero attached hydrogens (tertiary/aromatic N) is 1. The van der Waals surface area contributed by atoms with Gasteiger partial charge in [0.25, 0.3) is 11.6 Å². The topological polar surface area (TPSA) is 131 Å². The molecular weight excluding hydrogens is 392 g/mol. The summed E-state index contributed by atoms with van der Waals surface area (Å²) in [6, 6.07) is 5.83. The maximum absolute atomic E-state index is 13.6. The van der Waals surface area contributed by atoms with E-state index >= 15 is 0 Å². The molecule has 154 valence electrons. The molecule has 0 saturated heterocycles. The highest BCUT2D eigenvalue weighted by Crippen LogP contribution is 2.24. The fraction of sp³-hybridized carbons (Fsp3) is 0.222. The minimum absolute atomic E-state index is 0.0625. The first-order valence-corrected chi connectivity index (χ1v) is 8.33. The third-order valence-electron chi connectivity index (χ3n) is 3.70. The number of rotatable bonds is 8. The molecule has 3 N–H and O–H groups in total. The zero-order valence-electron chi connectivity index (χ0n) is 15.1. The highest BCUT2D eigenvalue weighted by atomic mass is 19.1. The van der Waals surface area contributed by atoms with Gasteiger partial charge in [-0.2, -0.15) is 0 Å². The molecule has 0 aliphatic heterocycles. The van der Waals surface area contributed by atoms with Crippen molar-refractivity contribution in [1.29, 1.82) is 0 Å². The Morgan fingerprint density at radius 1 is 1.21 bits per heavy atom. The lowest BCUT2D eigenvalue weighted by Gasteiger charge is -2.16. The summed E-state index contributed by atoms with van der Waals surface area (Å²) in [6.45, 7) is 0.999. The van der Waals surface area contributed by atoms with E-state index in [0.717, 1.165) is 30.3 Å². The van der Waals surface area contributed by atoms with E-state index in [0.29, 0.717) is 0 Å². The number of amides is 1. The predicted molar refractivity (Wildman–Crippen MR) is 98.5 cm³/mol. The molecular formula is C18H17F2N3O6. The number of ether oxygens (including phenoxy) is 1. The first kappa shape index (κ1) is 21.7. The van der Waals surface area contributed by atoms with Gasteiger partial charge in [0, 0.05) is 30.4 Å². The van der Waals surface area contributed by atoms with Crippen molar-refractivity contribution in [1.82, 2.24) is 0 Å². The second-order valence-electron chi connectivity index (χ2n) is 5.80. The van der Waals surface area contributed by atoms with Gasteiger partial charge in [0.15, 0.2) is 6.10 Å². The molecule has 1 amide bonds. The number of carbonyl (C=O) groups is 2. The molecule has 0 aliphatic rings. The van der Waals surface area contributed by atoms with Crippen LogP contribution >= 0.6 is 0 Å². The first-order chi connectivity index (χ1) is 13.7. The van der Waals surface area contributed by atoms with Crippen LogP contribution in [0.25, 0.3) is 0 Å². The molecule has 0 aliphatic carbocycles. The molecule has 9 nitrogen and oxygen atoms in total. The van der Waals surface area contributed by atoms with Gasteiger partial charge in [-0.05, 0) is 25.1 Å². The van der Waals surface area contributed by atoms with E-state index in [4.69, 9.17) is 9.84 Å². The highest BCUT2D eigenvalue weighted by Gasteiger charge is 2.24. The predicted octanol–water partition coefficient (Wildman–Crippen LogP) is 2.46. The Balaban J connectivity index is 2.17. The number of nitro groups is 1. The second kappa shape index (κ2) is 9.55. The molecule has 0 fully saturated rings. The number of hydrogen-bond donors (Lipinski definition) is 3. The summed E-state index contributed by atoms with van der Waals surface area (Å²) in [5.74, 6) is -3.65. The lowest BCUT2D eigenvalue weighted by Crippen LogP contribution is -2.30. The zero-order valence-corrected chi connectivity index (χ0v) is 15.1. The Hall–Kier alpha value is -3.60. The fourth-order valence-corrected chi connectivity index (χ4v) is 2.26. The van der Waals surface area contributed by atoms with Crippen LogP contribution < -0.4 is 10.6 Å². The summed E-state index contributed by atoms with van der Waals surface area (Å²) >= 11 is 0. The molecule has 0 aromatic heterocycles. The van der Waals surface area contributed by atoms with E-state index in [-0.39, 0.29) is 30.1 Å². The molecule has 2 rings (SSSR count). The van der Waals surface area contributed by atoms with Crippen LogP contribution in [0.3, 0.4) is 0 Å². The van der Waals surface area contributed by atoms with Gasteiger partial charge in [-0.1, -0.05) is 0 Å². The van der Waals surface area contributed by atoms with Crippen LogP contribution in [0, 0.1) is 21.7 Å². The molecule has 0 heterocycles. The summed E-state index contributed by atoms with van der Waals surface area (Å²) in [7, 11) is 0. The van der Waals surface area contributed by atoms with Crippen molar-refractivity contribution >= 4 is 28.9 Å². The molecule has 1 atom stereocenters. The number of hydrogen-bond acceptors (Lipinski definition) is 7. The molecule has 0 bridgehead atoms. The molecule has 11 heteroatoms. The third-order valence-corrected chi connectivity index (χ3v) is 3.70. The van der Waals surface area contributed by atoms with E-state index in [1.54, 1.807) is 0 Å². The number of carbonyl (C=O) groups excluding carboxylic acids is 2. The number of aliphatic hydroxyl groups excluding tert-OH is 1. The SMILES string of the molecule is CC(OC(=O)c1cc([N+](=O)[O-])ccc1NCCO)C(=O)Nc1cc(F)ccc1F. The fourth-order valence-electron chi connectivity index (χ4n) is 2.26. The Kier molecular flexibility index (Phi) is 7.15. The van der Waals surface area contributed by atoms with Crippen molar-refractivity contribution in [2.24, 2.45) is 0 Å². The van der Waals surface area contributed by atoms with Crippen LogP contribution in [0.5, 0.6) is 0 Å². The third kappa shape index (κ3) is 5.69. The number of non-ortho nitro benzene ring substituents is 1. The number of nitro benzene ring substituents is 1. The number of esters is 1. The molecule has 2 aromatic carbocycles. The van der Waals surface area contributed by atoms with Gasteiger partial charge in [0.2, 0.25) is 0 Å². The molecule has 0 radical (unpaired) electrons. The standard InChI is InChI=1S/C18H17F2N3O6/c1-10(17(25)22-16-8-11(19)2-4-14(16)20)29-18(26)13-9-12(23(27)28)3-5-15(13)21-6-7-24/h2-5,8-10,21,24H,6-7H2,1H3,(H,22,25). The quantitative estimate of drug-likeness (QED) is 0.347. The summed E-state index contributed by atoms with van der Waals surface area (Å²) in [5.41, 5.74) is -0.897. The molecule has 1 unspecified atom stereocenters. The van der Waals surface area contributed by atoms with Crippen molar-refractivity contribution in [2.75, 3.05) is 23.8 Å². The number of benzene rings is 2. The summed E-state index contributed by atoms with van der Waals surface area (Å²) in [4.78, 5) is 34.8. The average Bonchev–Trinajstić information content (AvgIpc) is 2.68. The van der Waals surface area contributed by atoms with Crippen LogP contribution in [0.2, 0.25) is 0 Å². The lowest BCUT2D eigenvalue weighted by molar-refractivity contribution is -0.384. The van der Waals surface area contributed by atoms with Crippen LogP contribution in [-0.2, 0) is 9.53 Å². The van der Waals surface area contributed by atoms with Gasteiger partial charge in [0.1, 0.15) is 11.6 Å². The van der Waals surface area contributed by atoms with Gasteiger partial charge in [-0.25, -0.2) is 13.6 Å². The highest BCUT2D eigenvalue weighted by molar-refractivity contribution is 6.00. The summed E-state index contributed by atoms with van der Waals surface area (Å²) in [6.07, 6.45) is -1.42. The maximum Gasteiger partial charge on any atom is 0.341 e. The van der Waals surface area contributed by atoms with Crippen molar-refractivity contribution in [3.8, 4) is 0 Å². The van der Waals surface area contributed by atoms with Gasteiger partial charge in [-0.15, -0.1) is 0 Å². The minimum atomic E-state index is -1.42. The Labute approximate surface area is 163 Å².